The van der Waals surface area contributed by atoms with Crippen molar-refractivity contribution in [2.75, 3.05) is 0 Å². The summed E-state index contributed by atoms with van der Waals surface area (Å²) in [5.41, 5.74) is -0.691. The zero-order valence-electron chi connectivity index (χ0n) is 10.1. The average molecular weight is 257 g/mol. The maximum Gasteiger partial charge on any atom is 0.329 e. The Balaban J connectivity index is 2.43. The fourth-order valence-corrected chi connectivity index (χ4v) is 3.13. The van der Waals surface area contributed by atoms with Crippen LogP contribution in [-0.2, 0) is 0 Å². The second-order valence-corrected chi connectivity index (χ2v) is 5.21. The SMILES string of the molecule is CCC1CCC(n2c(=O)cc(Cl)[nH]c2=O)C1C. The van der Waals surface area contributed by atoms with Crippen LogP contribution >= 0.6 is 11.6 Å². The Morgan fingerprint density at radius 1 is 1.47 bits per heavy atom. The molecule has 0 aromatic carbocycles. The molecule has 1 aromatic heterocycles. The lowest BCUT2D eigenvalue weighted by Crippen LogP contribution is -2.38. The van der Waals surface area contributed by atoms with Crippen molar-refractivity contribution in [1.29, 1.82) is 0 Å². The minimum absolute atomic E-state index is 0.00784. The van der Waals surface area contributed by atoms with Crippen LogP contribution in [0.25, 0.3) is 0 Å². The Kier molecular flexibility index (Phi) is 3.43. The Morgan fingerprint density at radius 2 is 2.18 bits per heavy atom. The zero-order chi connectivity index (χ0) is 12.6. The molecular weight excluding hydrogens is 240 g/mol. The normalized spacial score (nSPS) is 28.5. The van der Waals surface area contributed by atoms with Gasteiger partial charge in [-0.3, -0.25) is 14.3 Å². The highest BCUT2D eigenvalue weighted by molar-refractivity contribution is 6.29. The fourth-order valence-electron chi connectivity index (χ4n) is 2.96. The molecule has 3 atom stereocenters. The highest BCUT2D eigenvalue weighted by Gasteiger charge is 2.34. The van der Waals surface area contributed by atoms with Gasteiger partial charge in [-0.05, 0) is 24.7 Å². The Labute approximate surface area is 105 Å². The number of hydrogen-bond acceptors (Lipinski definition) is 2. The third kappa shape index (κ3) is 2.18. The molecule has 0 spiro atoms. The van der Waals surface area contributed by atoms with Gasteiger partial charge in [-0.15, -0.1) is 0 Å². The lowest BCUT2D eigenvalue weighted by Gasteiger charge is -2.20. The summed E-state index contributed by atoms with van der Waals surface area (Å²) < 4.78 is 1.33. The summed E-state index contributed by atoms with van der Waals surface area (Å²) >= 11 is 5.65. The van der Waals surface area contributed by atoms with Gasteiger partial charge < -0.3 is 0 Å². The molecule has 1 heterocycles. The second kappa shape index (κ2) is 4.69. The lowest BCUT2D eigenvalue weighted by atomic mass is 9.93. The van der Waals surface area contributed by atoms with Crippen LogP contribution < -0.4 is 11.2 Å². The topological polar surface area (TPSA) is 54.9 Å². The number of nitrogens with zero attached hydrogens (tertiary/aromatic N) is 1. The lowest BCUT2D eigenvalue weighted by molar-refractivity contribution is 0.317. The maximum absolute atomic E-state index is 11.8. The molecule has 94 valence electrons. The van der Waals surface area contributed by atoms with Gasteiger partial charge in [0.05, 0.1) is 0 Å². The van der Waals surface area contributed by atoms with E-state index in [1.54, 1.807) is 0 Å². The number of H-pyrrole nitrogens is 1. The number of halogens is 1. The van der Waals surface area contributed by atoms with Crippen LogP contribution in [0.1, 0.15) is 39.2 Å². The number of aromatic nitrogens is 2. The third-order valence-electron chi connectivity index (χ3n) is 3.97. The Bertz CT molecular complexity index is 489. The van der Waals surface area contributed by atoms with Gasteiger partial charge in [0, 0.05) is 12.1 Å². The van der Waals surface area contributed by atoms with E-state index in [1.807, 2.05) is 0 Å². The molecule has 17 heavy (non-hydrogen) atoms. The zero-order valence-corrected chi connectivity index (χ0v) is 10.8. The summed E-state index contributed by atoms with van der Waals surface area (Å²) in [5.74, 6) is 0.960. The van der Waals surface area contributed by atoms with E-state index in [2.05, 4.69) is 18.8 Å². The molecule has 3 unspecified atom stereocenters. The highest BCUT2D eigenvalue weighted by atomic mass is 35.5. The Hall–Kier alpha value is -1.03. The molecule has 1 aliphatic carbocycles. The van der Waals surface area contributed by atoms with Crippen LogP contribution in [0.5, 0.6) is 0 Å². The van der Waals surface area contributed by atoms with Gasteiger partial charge in [0.15, 0.2) is 0 Å². The van der Waals surface area contributed by atoms with Gasteiger partial charge in [-0.2, -0.15) is 0 Å². The Morgan fingerprint density at radius 3 is 2.71 bits per heavy atom. The van der Waals surface area contributed by atoms with Crippen molar-refractivity contribution in [3.05, 3.63) is 32.1 Å². The minimum Gasteiger partial charge on any atom is -0.298 e. The highest BCUT2D eigenvalue weighted by Crippen LogP contribution is 2.40. The van der Waals surface area contributed by atoms with Crippen LogP contribution in [0.3, 0.4) is 0 Å². The van der Waals surface area contributed by atoms with Crippen molar-refractivity contribution in [3.8, 4) is 0 Å². The molecule has 4 nitrogen and oxygen atoms in total. The second-order valence-electron chi connectivity index (χ2n) is 4.80. The molecule has 1 N–H and O–H groups in total. The number of rotatable bonds is 2. The molecule has 0 aliphatic heterocycles. The van der Waals surface area contributed by atoms with E-state index in [0.29, 0.717) is 11.8 Å². The first-order valence-electron chi connectivity index (χ1n) is 6.06. The van der Waals surface area contributed by atoms with Crippen molar-refractivity contribution < 1.29 is 0 Å². The first-order valence-corrected chi connectivity index (χ1v) is 6.43. The fraction of sp³-hybridized carbons (Fsp3) is 0.667. The number of hydrogen-bond donors (Lipinski definition) is 1. The first-order chi connectivity index (χ1) is 8.04. The summed E-state index contributed by atoms with van der Waals surface area (Å²) in [7, 11) is 0. The van der Waals surface area contributed by atoms with Gasteiger partial charge in [-0.1, -0.05) is 31.9 Å². The average Bonchev–Trinajstić information content (AvgIpc) is 2.59. The van der Waals surface area contributed by atoms with Crippen LogP contribution in [0, 0.1) is 11.8 Å². The minimum atomic E-state index is -0.392. The van der Waals surface area contributed by atoms with Crippen LogP contribution in [0.2, 0.25) is 5.15 Å². The molecule has 0 amide bonds. The summed E-state index contributed by atoms with van der Waals surface area (Å²) in [5, 5.41) is 0.106. The molecular formula is C12H17ClN2O2. The van der Waals surface area contributed by atoms with E-state index in [0.717, 1.165) is 19.3 Å². The van der Waals surface area contributed by atoms with Crippen molar-refractivity contribution in [2.45, 2.75) is 39.2 Å². The van der Waals surface area contributed by atoms with Crippen LogP contribution in [0.15, 0.2) is 15.7 Å². The predicted molar refractivity (Wildman–Crippen MR) is 67.5 cm³/mol. The molecule has 0 bridgehead atoms. The standard InChI is InChI=1S/C12H17ClN2O2/c1-3-8-4-5-9(7(8)2)15-11(16)6-10(13)14-12(15)17/h6-9H,3-5H2,1-2H3,(H,14,17). The van der Waals surface area contributed by atoms with Crippen molar-refractivity contribution in [1.82, 2.24) is 9.55 Å². The molecule has 2 rings (SSSR count). The van der Waals surface area contributed by atoms with Gasteiger partial charge in [0.2, 0.25) is 0 Å². The largest absolute Gasteiger partial charge is 0.329 e. The number of nitrogens with one attached hydrogen (secondary N) is 1. The first kappa shape index (κ1) is 12.4. The van der Waals surface area contributed by atoms with Crippen LogP contribution in [-0.4, -0.2) is 9.55 Å². The quantitative estimate of drug-likeness (QED) is 0.825. The van der Waals surface area contributed by atoms with Gasteiger partial charge >= 0.3 is 5.69 Å². The third-order valence-corrected chi connectivity index (χ3v) is 4.18. The smallest absolute Gasteiger partial charge is 0.298 e. The van der Waals surface area contributed by atoms with E-state index < -0.39 is 5.69 Å². The maximum atomic E-state index is 11.8. The van der Waals surface area contributed by atoms with Crippen molar-refractivity contribution in [3.63, 3.8) is 0 Å². The number of aromatic amines is 1. The summed E-state index contributed by atoms with van der Waals surface area (Å²) in [6, 6.07) is 1.28. The molecule has 1 saturated carbocycles. The molecule has 1 aromatic rings. The van der Waals surface area contributed by atoms with Crippen LogP contribution in [0.4, 0.5) is 0 Å². The van der Waals surface area contributed by atoms with Gasteiger partial charge in [0.25, 0.3) is 5.56 Å². The van der Waals surface area contributed by atoms with E-state index in [1.165, 1.54) is 10.6 Å². The summed E-state index contributed by atoms with van der Waals surface area (Å²) in [6.45, 7) is 4.27. The van der Waals surface area contributed by atoms with Gasteiger partial charge in [0.1, 0.15) is 5.15 Å². The summed E-state index contributed by atoms with van der Waals surface area (Å²) in [4.78, 5) is 26.1. The van der Waals surface area contributed by atoms with E-state index in [9.17, 15) is 9.59 Å². The molecule has 0 radical (unpaired) electrons. The van der Waals surface area contributed by atoms with Crippen molar-refractivity contribution >= 4 is 11.6 Å². The van der Waals surface area contributed by atoms with E-state index in [4.69, 9.17) is 11.6 Å². The molecule has 1 aliphatic rings. The van der Waals surface area contributed by atoms with Gasteiger partial charge in [-0.25, -0.2) is 4.79 Å². The molecule has 5 heteroatoms. The van der Waals surface area contributed by atoms with E-state index in [-0.39, 0.29) is 16.8 Å². The molecule has 1 fully saturated rings. The monoisotopic (exact) mass is 256 g/mol. The molecule has 0 saturated heterocycles. The van der Waals surface area contributed by atoms with Crippen molar-refractivity contribution in [2.24, 2.45) is 11.8 Å². The summed E-state index contributed by atoms with van der Waals surface area (Å²) in [6.07, 6.45) is 3.07. The van der Waals surface area contributed by atoms with E-state index >= 15 is 0 Å². The predicted octanol–water partition coefficient (Wildman–Crippen LogP) is 2.19.